The van der Waals surface area contributed by atoms with Crippen LogP contribution in [0.2, 0.25) is 0 Å². The van der Waals surface area contributed by atoms with Crippen molar-refractivity contribution in [3.8, 4) is 22.8 Å². The lowest BCUT2D eigenvalue weighted by Crippen LogP contribution is -2.20. The van der Waals surface area contributed by atoms with Crippen LogP contribution in [0, 0.1) is 12.7 Å². The lowest BCUT2D eigenvalue weighted by molar-refractivity contribution is 0.310. The summed E-state index contributed by atoms with van der Waals surface area (Å²) in [6, 6.07) is 9.10. The molecule has 0 unspecified atom stereocenters. The van der Waals surface area contributed by atoms with E-state index < -0.39 is 5.82 Å². The van der Waals surface area contributed by atoms with E-state index in [-0.39, 0.29) is 5.69 Å². The van der Waals surface area contributed by atoms with Gasteiger partial charge >= 0.3 is 0 Å². The van der Waals surface area contributed by atoms with E-state index in [1.54, 1.807) is 19.4 Å². The van der Waals surface area contributed by atoms with Gasteiger partial charge in [0.2, 0.25) is 11.8 Å². The van der Waals surface area contributed by atoms with Crippen LogP contribution >= 0.6 is 0 Å². The summed E-state index contributed by atoms with van der Waals surface area (Å²) >= 11 is 0. The van der Waals surface area contributed by atoms with E-state index in [1.807, 2.05) is 31.2 Å². The number of hydrogen-bond acceptors (Lipinski definition) is 8. The van der Waals surface area contributed by atoms with Gasteiger partial charge in [-0.2, -0.15) is 0 Å². The third-order valence-corrected chi connectivity index (χ3v) is 5.45. The molecule has 4 aromatic rings. The molecule has 0 amide bonds. The van der Waals surface area contributed by atoms with Gasteiger partial charge in [0.05, 0.1) is 24.0 Å². The Labute approximate surface area is 183 Å². The molecule has 1 aliphatic rings. The van der Waals surface area contributed by atoms with Gasteiger partial charge in [-0.05, 0) is 30.7 Å². The first-order chi connectivity index (χ1) is 15.6. The Balaban J connectivity index is 1.61. The van der Waals surface area contributed by atoms with Crippen LogP contribution in [0.25, 0.3) is 22.0 Å². The van der Waals surface area contributed by atoms with Gasteiger partial charge in [-0.25, -0.2) is 19.3 Å². The average Bonchev–Trinajstić information content (AvgIpc) is 2.82. The molecule has 9 heteroatoms. The summed E-state index contributed by atoms with van der Waals surface area (Å²) in [5, 5.41) is 6.84. The quantitative estimate of drug-likeness (QED) is 0.410. The number of rotatable bonds is 4. The molecule has 0 radical (unpaired) electrons. The van der Waals surface area contributed by atoms with Crippen LogP contribution in [0.1, 0.15) is 5.56 Å². The Bertz CT molecular complexity index is 1340. The van der Waals surface area contributed by atoms with Crippen LogP contribution in [0.4, 0.5) is 27.4 Å². The zero-order valence-corrected chi connectivity index (χ0v) is 17.6. The molecule has 3 heterocycles. The normalized spacial score (nSPS) is 12.6. The van der Waals surface area contributed by atoms with E-state index in [0.717, 1.165) is 11.3 Å². The second-order valence-electron chi connectivity index (χ2n) is 7.36. The molecule has 0 aliphatic carbocycles. The number of aromatic nitrogens is 3. The number of benzene rings is 2. The van der Waals surface area contributed by atoms with Crippen LogP contribution in [0.15, 0.2) is 42.7 Å². The fraction of sp³-hybridized carbons (Fsp3) is 0.174. The lowest BCUT2D eigenvalue weighted by atomic mass is 9.98. The van der Waals surface area contributed by atoms with E-state index in [9.17, 15) is 0 Å². The van der Waals surface area contributed by atoms with Crippen molar-refractivity contribution in [1.82, 2.24) is 15.0 Å². The van der Waals surface area contributed by atoms with Gasteiger partial charge in [0, 0.05) is 35.5 Å². The number of pyridine rings is 1. The fourth-order valence-electron chi connectivity index (χ4n) is 3.79. The number of halogens is 1. The standard InChI is InChI=1S/C23H21FN6O2/c1-12-14(10-27-22-21(12)26-7-8-32-22)13-9-17-15(20(25)19(13)24)11-28-23(30-17)29-16-5-3-4-6-18(16)31-2/h3-6,9-11,26H,7-8,25H2,1-2H3,(H,28,29,30). The minimum Gasteiger partial charge on any atom is -0.495 e. The van der Waals surface area contributed by atoms with Gasteiger partial charge in [-0.3, -0.25) is 0 Å². The Morgan fingerprint density at radius 3 is 2.88 bits per heavy atom. The van der Waals surface area contributed by atoms with Crippen molar-refractivity contribution in [2.45, 2.75) is 6.92 Å². The monoisotopic (exact) mass is 432 g/mol. The number of ether oxygens (including phenoxy) is 2. The molecule has 8 nitrogen and oxygen atoms in total. The van der Waals surface area contributed by atoms with Crippen molar-refractivity contribution in [2.75, 3.05) is 36.6 Å². The number of fused-ring (bicyclic) bond motifs is 2. The maximum absolute atomic E-state index is 15.3. The third kappa shape index (κ3) is 3.27. The third-order valence-electron chi connectivity index (χ3n) is 5.45. The molecule has 5 rings (SSSR count). The summed E-state index contributed by atoms with van der Waals surface area (Å²) in [7, 11) is 1.59. The topological polar surface area (TPSA) is 107 Å². The highest BCUT2D eigenvalue weighted by Gasteiger charge is 2.21. The molecule has 0 saturated carbocycles. The predicted molar refractivity (Wildman–Crippen MR) is 122 cm³/mol. The SMILES string of the molecule is COc1ccccc1Nc1ncc2c(N)c(F)c(-c3cnc4c(c3C)NCCO4)cc2n1. The van der Waals surface area contributed by atoms with Crippen molar-refractivity contribution in [1.29, 1.82) is 0 Å². The van der Waals surface area contributed by atoms with Crippen molar-refractivity contribution >= 4 is 33.9 Å². The molecule has 0 bridgehead atoms. The van der Waals surface area contributed by atoms with Crippen molar-refractivity contribution < 1.29 is 13.9 Å². The minimum atomic E-state index is -0.534. The van der Waals surface area contributed by atoms with E-state index in [4.69, 9.17) is 15.2 Å². The molecule has 162 valence electrons. The molecule has 1 aliphatic heterocycles. The molecular weight excluding hydrogens is 411 g/mol. The van der Waals surface area contributed by atoms with Crippen molar-refractivity contribution in [3.05, 3.63) is 54.1 Å². The van der Waals surface area contributed by atoms with Crippen LogP contribution in [-0.2, 0) is 0 Å². The highest BCUT2D eigenvalue weighted by atomic mass is 19.1. The highest BCUT2D eigenvalue weighted by molar-refractivity contribution is 5.96. The molecule has 0 atom stereocenters. The van der Waals surface area contributed by atoms with Gasteiger partial charge in [-0.15, -0.1) is 0 Å². The summed E-state index contributed by atoms with van der Waals surface area (Å²) in [5.41, 5.74) is 9.86. The second-order valence-corrected chi connectivity index (χ2v) is 7.36. The number of para-hydroxylation sites is 2. The fourth-order valence-corrected chi connectivity index (χ4v) is 3.79. The van der Waals surface area contributed by atoms with Gasteiger partial charge in [-0.1, -0.05) is 12.1 Å². The Morgan fingerprint density at radius 1 is 1.19 bits per heavy atom. The number of nitrogens with zero attached hydrogens (tertiary/aromatic N) is 3. The smallest absolute Gasteiger partial charge is 0.237 e. The maximum Gasteiger partial charge on any atom is 0.237 e. The van der Waals surface area contributed by atoms with Crippen molar-refractivity contribution in [3.63, 3.8) is 0 Å². The summed E-state index contributed by atoms with van der Waals surface area (Å²) in [6.45, 7) is 3.09. The van der Waals surface area contributed by atoms with Crippen LogP contribution < -0.4 is 25.8 Å². The summed E-state index contributed by atoms with van der Waals surface area (Å²) in [4.78, 5) is 13.2. The van der Waals surface area contributed by atoms with Crippen molar-refractivity contribution in [2.24, 2.45) is 0 Å². The molecule has 32 heavy (non-hydrogen) atoms. The second kappa shape index (κ2) is 7.84. The molecule has 0 spiro atoms. The van der Waals surface area contributed by atoms with E-state index in [0.29, 0.717) is 58.4 Å². The van der Waals surface area contributed by atoms with Crippen LogP contribution in [0.3, 0.4) is 0 Å². The van der Waals surface area contributed by atoms with Crippen LogP contribution in [0.5, 0.6) is 11.6 Å². The van der Waals surface area contributed by atoms with Crippen LogP contribution in [-0.4, -0.2) is 35.2 Å². The number of nitrogen functional groups attached to an aromatic ring is 1. The summed E-state index contributed by atoms with van der Waals surface area (Å²) < 4.78 is 26.2. The molecule has 0 fully saturated rings. The number of hydrogen-bond donors (Lipinski definition) is 3. The molecular formula is C23H21FN6O2. The first-order valence-corrected chi connectivity index (χ1v) is 10.1. The minimum absolute atomic E-state index is 0.0114. The zero-order valence-electron chi connectivity index (χ0n) is 17.6. The molecule has 0 saturated heterocycles. The molecule has 4 N–H and O–H groups in total. The van der Waals surface area contributed by atoms with Gasteiger partial charge < -0.3 is 25.8 Å². The summed E-state index contributed by atoms with van der Waals surface area (Å²) in [5.74, 6) is 0.973. The zero-order chi connectivity index (χ0) is 22.2. The number of nitrogens with two attached hydrogens (primary N) is 1. The average molecular weight is 432 g/mol. The Hall–Kier alpha value is -4.14. The lowest BCUT2D eigenvalue weighted by Gasteiger charge is -2.22. The van der Waals surface area contributed by atoms with E-state index >= 15 is 4.39 Å². The van der Waals surface area contributed by atoms with Gasteiger partial charge in [0.25, 0.3) is 0 Å². The van der Waals surface area contributed by atoms with E-state index in [1.165, 1.54) is 6.20 Å². The number of methoxy groups -OCH3 is 1. The first-order valence-electron chi connectivity index (χ1n) is 10.1. The highest BCUT2D eigenvalue weighted by Crippen LogP contribution is 2.39. The predicted octanol–water partition coefficient (Wildman–Crippen LogP) is 4.28. The molecule has 2 aromatic carbocycles. The van der Waals surface area contributed by atoms with Gasteiger partial charge in [0.1, 0.15) is 18.0 Å². The van der Waals surface area contributed by atoms with Gasteiger partial charge in [0.15, 0.2) is 5.82 Å². The number of nitrogens with one attached hydrogen (secondary N) is 2. The largest absolute Gasteiger partial charge is 0.495 e. The molecule has 2 aromatic heterocycles. The summed E-state index contributed by atoms with van der Waals surface area (Å²) in [6.07, 6.45) is 3.11. The van der Waals surface area contributed by atoms with E-state index in [2.05, 4.69) is 25.6 Å². The Kier molecular flexibility index (Phi) is 4.85. The maximum atomic E-state index is 15.3. The first kappa shape index (κ1) is 19.8. The Morgan fingerprint density at radius 2 is 2.03 bits per heavy atom. The number of anilines is 4.